The van der Waals surface area contributed by atoms with E-state index in [1.807, 2.05) is 43.3 Å². The largest absolute Gasteiger partial charge is 0.496 e. The Labute approximate surface area is 144 Å². The van der Waals surface area contributed by atoms with Crippen molar-refractivity contribution in [2.75, 3.05) is 13.7 Å². The van der Waals surface area contributed by atoms with Crippen molar-refractivity contribution in [2.24, 2.45) is 0 Å². The van der Waals surface area contributed by atoms with E-state index in [-0.39, 0.29) is 16.6 Å². The third-order valence-corrected chi connectivity index (χ3v) is 4.26. The van der Waals surface area contributed by atoms with E-state index in [0.717, 1.165) is 22.1 Å². The second kappa shape index (κ2) is 6.41. The van der Waals surface area contributed by atoms with Crippen molar-refractivity contribution in [3.8, 4) is 5.75 Å². The maximum Gasteiger partial charge on any atom is 0.265 e. The molecule has 0 radical (unpaired) electrons. The third kappa shape index (κ3) is 2.65. The predicted octanol–water partition coefficient (Wildman–Crippen LogP) is 2.50. The number of nitrogens with one attached hydrogen (secondary N) is 1. The molecule has 2 aromatic rings. The molecule has 6 heteroatoms. The molecule has 1 aliphatic rings. The zero-order valence-corrected chi connectivity index (χ0v) is 14.1. The lowest BCUT2D eigenvalue weighted by Crippen LogP contribution is -2.53. The summed E-state index contributed by atoms with van der Waals surface area (Å²) in [7, 11) is 1.61. The Balaban J connectivity index is 2.14. The predicted molar refractivity (Wildman–Crippen MR) is 96.6 cm³/mol. The van der Waals surface area contributed by atoms with Gasteiger partial charge < -0.3 is 4.74 Å². The molecule has 0 atom stereocenters. The molecule has 0 aromatic heterocycles. The van der Waals surface area contributed by atoms with Crippen molar-refractivity contribution in [3.05, 3.63) is 47.5 Å². The molecule has 1 fully saturated rings. The number of methoxy groups -OCH3 is 1. The first-order valence-electron chi connectivity index (χ1n) is 7.51. The van der Waals surface area contributed by atoms with Crippen LogP contribution < -0.4 is 10.1 Å². The van der Waals surface area contributed by atoms with E-state index in [9.17, 15) is 9.59 Å². The van der Waals surface area contributed by atoms with Crippen LogP contribution in [0.3, 0.4) is 0 Å². The van der Waals surface area contributed by atoms with E-state index in [1.54, 1.807) is 13.2 Å². The Hall–Kier alpha value is -2.73. The average molecular weight is 340 g/mol. The minimum absolute atomic E-state index is 0.0702. The van der Waals surface area contributed by atoms with Gasteiger partial charge in [-0.05, 0) is 42.2 Å². The second-order valence-electron chi connectivity index (χ2n) is 5.27. The van der Waals surface area contributed by atoms with Crippen LogP contribution >= 0.6 is 12.2 Å². The summed E-state index contributed by atoms with van der Waals surface area (Å²) < 4.78 is 5.37. The molecule has 2 amide bonds. The highest BCUT2D eigenvalue weighted by molar-refractivity contribution is 7.80. The van der Waals surface area contributed by atoms with Gasteiger partial charge >= 0.3 is 0 Å². The van der Waals surface area contributed by atoms with Crippen LogP contribution in [0.5, 0.6) is 5.75 Å². The maximum atomic E-state index is 12.5. The molecule has 0 unspecified atom stereocenters. The number of likely N-dealkylation sites (N-methyl/N-ethyl adjacent to an activating group) is 1. The molecule has 3 rings (SSSR count). The quantitative estimate of drug-likeness (QED) is 0.530. The van der Waals surface area contributed by atoms with Crippen LogP contribution in [0.2, 0.25) is 0 Å². The summed E-state index contributed by atoms with van der Waals surface area (Å²) in [5.41, 5.74) is 0.842. The maximum absolute atomic E-state index is 12.5. The number of nitrogens with zero attached hydrogens (tertiary/aromatic N) is 1. The molecule has 0 spiro atoms. The van der Waals surface area contributed by atoms with Gasteiger partial charge in [0.05, 0.1) is 7.11 Å². The summed E-state index contributed by atoms with van der Waals surface area (Å²) in [6, 6.07) is 11.3. The number of ether oxygens (including phenoxy) is 1. The Bertz CT molecular complexity index is 889. The van der Waals surface area contributed by atoms with Gasteiger partial charge in [0.2, 0.25) is 0 Å². The average Bonchev–Trinajstić information content (AvgIpc) is 2.58. The summed E-state index contributed by atoms with van der Waals surface area (Å²) in [6.45, 7) is 2.21. The highest BCUT2D eigenvalue weighted by atomic mass is 32.1. The number of hydrogen-bond acceptors (Lipinski definition) is 4. The van der Waals surface area contributed by atoms with Gasteiger partial charge in [0.15, 0.2) is 5.11 Å². The first-order chi connectivity index (χ1) is 11.6. The highest BCUT2D eigenvalue weighted by Crippen LogP contribution is 2.30. The second-order valence-corrected chi connectivity index (χ2v) is 5.66. The van der Waals surface area contributed by atoms with Crippen LogP contribution in [0.15, 0.2) is 42.0 Å². The number of hydrogen-bond donors (Lipinski definition) is 1. The van der Waals surface area contributed by atoms with Crippen LogP contribution in [0.25, 0.3) is 16.8 Å². The van der Waals surface area contributed by atoms with Gasteiger partial charge in [0, 0.05) is 11.9 Å². The first kappa shape index (κ1) is 16.1. The molecule has 0 aliphatic carbocycles. The Morgan fingerprint density at radius 3 is 2.54 bits per heavy atom. The smallest absolute Gasteiger partial charge is 0.265 e. The van der Waals surface area contributed by atoms with Crippen molar-refractivity contribution < 1.29 is 14.3 Å². The Morgan fingerprint density at radius 1 is 1.17 bits per heavy atom. The van der Waals surface area contributed by atoms with Gasteiger partial charge in [-0.1, -0.05) is 30.3 Å². The fourth-order valence-corrected chi connectivity index (χ4v) is 3.04. The molecule has 122 valence electrons. The Kier molecular flexibility index (Phi) is 4.31. The standard InChI is InChI=1S/C18H16N2O3S/c1-3-20-17(22)14(16(21)19-18(20)24)10-11-8-9-15(23-2)13-7-5-4-6-12(11)13/h4-10H,3H2,1-2H3,(H,19,21,24)/b14-10+. The van der Waals surface area contributed by atoms with Crippen molar-refractivity contribution in [1.29, 1.82) is 0 Å². The zero-order chi connectivity index (χ0) is 17.3. The number of rotatable bonds is 3. The van der Waals surface area contributed by atoms with Gasteiger partial charge in [0.25, 0.3) is 11.8 Å². The van der Waals surface area contributed by atoms with Crippen LogP contribution in [-0.2, 0) is 9.59 Å². The van der Waals surface area contributed by atoms with E-state index < -0.39 is 5.91 Å². The fraction of sp³-hybridized carbons (Fsp3) is 0.167. The molecule has 5 nitrogen and oxygen atoms in total. The van der Waals surface area contributed by atoms with E-state index in [0.29, 0.717) is 6.54 Å². The molecule has 2 aromatic carbocycles. The summed E-state index contributed by atoms with van der Waals surface area (Å²) in [4.78, 5) is 26.1. The van der Waals surface area contributed by atoms with E-state index >= 15 is 0 Å². The number of benzene rings is 2. The summed E-state index contributed by atoms with van der Waals surface area (Å²) >= 11 is 5.04. The lowest BCUT2D eigenvalue weighted by Gasteiger charge is -2.27. The zero-order valence-electron chi connectivity index (χ0n) is 13.3. The summed E-state index contributed by atoms with van der Waals surface area (Å²) in [5.74, 6) is -0.121. The lowest BCUT2D eigenvalue weighted by molar-refractivity contribution is -0.128. The van der Waals surface area contributed by atoms with Gasteiger partial charge in [-0.15, -0.1) is 0 Å². The summed E-state index contributed by atoms with van der Waals surface area (Å²) in [5, 5.41) is 4.52. The lowest BCUT2D eigenvalue weighted by atomic mass is 10.0. The highest BCUT2D eigenvalue weighted by Gasteiger charge is 2.32. The van der Waals surface area contributed by atoms with Gasteiger partial charge in [-0.3, -0.25) is 19.8 Å². The number of amides is 2. The number of fused-ring (bicyclic) bond motifs is 1. The monoisotopic (exact) mass is 340 g/mol. The fourth-order valence-electron chi connectivity index (χ4n) is 2.74. The first-order valence-corrected chi connectivity index (χ1v) is 7.92. The van der Waals surface area contributed by atoms with Crippen molar-refractivity contribution in [3.63, 3.8) is 0 Å². The van der Waals surface area contributed by atoms with Crippen LogP contribution in [0.1, 0.15) is 12.5 Å². The molecule has 1 aliphatic heterocycles. The molecular formula is C18H16N2O3S. The van der Waals surface area contributed by atoms with Crippen molar-refractivity contribution in [1.82, 2.24) is 10.2 Å². The topological polar surface area (TPSA) is 58.6 Å². The molecule has 24 heavy (non-hydrogen) atoms. The minimum atomic E-state index is -0.477. The molecule has 1 N–H and O–H groups in total. The van der Waals surface area contributed by atoms with E-state index in [2.05, 4.69) is 5.32 Å². The minimum Gasteiger partial charge on any atom is -0.496 e. The molecule has 1 saturated heterocycles. The number of carbonyl (C=O) groups is 2. The molecule has 0 bridgehead atoms. The van der Waals surface area contributed by atoms with E-state index in [1.165, 1.54) is 4.90 Å². The molecular weight excluding hydrogens is 324 g/mol. The number of carbonyl (C=O) groups excluding carboxylic acids is 2. The molecule has 0 saturated carbocycles. The van der Waals surface area contributed by atoms with E-state index in [4.69, 9.17) is 17.0 Å². The Morgan fingerprint density at radius 2 is 1.88 bits per heavy atom. The van der Waals surface area contributed by atoms with Gasteiger partial charge in [-0.2, -0.15) is 0 Å². The van der Waals surface area contributed by atoms with Gasteiger partial charge in [0.1, 0.15) is 11.3 Å². The number of thiocarbonyl (C=S) groups is 1. The van der Waals surface area contributed by atoms with Crippen molar-refractivity contribution >= 4 is 46.0 Å². The van der Waals surface area contributed by atoms with Crippen LogP contribution in [0, 0.1) is 0 Å². The normalized spacial score (nSPS) is 16.7. The van der Waals surface area contributed by atoms with Crippen molar-refractivity contribution in [2.45, 2.75) is 6.92 Å². The molecule has 1 heterocycles. The van der Waals surface area contributed by atoms with Crippen LogP contribution in [0.4, 0.5) is 0 Å². The van der Waals surface area contributed by atoms with Crippen LogP contribution in [-0.4, -0.2) is 35.5 Å². The third-order valence-electron chi connectivity index (χ3n) is 3.94. The van der Waals surface area contributed by atoms with Gasteiger partial charge in [-0.25, -0.2) is 0 Å². The summed E-state index contributed by atoms with van der Waals surface area (Å²) in [6.07, 6.45) is 1.60. The SMILES string of the molecule is CCN1C(=O)/C(=C/c2ccc(OC)c3ccccc23)C(=O)NC1=S.